The number of aliphatic hydroxyl groups is 1. The molecule has 1 N–H and O–H groups in total. The van der Waals surface area contributed by atoms with Gasteiger partial charge in [-0.15, -0.1) is 11.3 Å². The Morgan fingerprint density at radius 2 is 2.19 bits per heavy atom. The van der Waals surface area contributed by atoms with Crippen LogP contribution in [0.25, 0.3) is 0 Å². The third-order valence-electron chi connectivity index (χ3n) is 2.37. The fourth-order valence-corrected chi connectivity index (χ4v) is 5.17. The molecule has 0 spiro atoms. The van der Waals surface area contributed by atoms with E-state index in [0.29, 0.717) is 17.3 Å². The topological polar surface area (TPSA) is 57.6 Å². The summed E-state index contributed by atoms with van der Waals surface area (Å²) < 4.78 is 25.9. The fourth-order valence-electron chi connectivity index (χ4n) is 1.57. The quantitative estimate of drug-likeness (QED) is 0.906. The predicted molar refractivity (Wildman–Crippen MR) is 63.7 cm³/mol. The summed E-state index contributed by atoms with van der Waals surface area (Å²) in [5.74, 6) is 0. The van der Waals surface area contributed by atoms with Crippen molar-refractivity contribution < 1.29 is 13.5 Å². The minimum atomic E-state index is -3.61. The lowest BCUT2D eigenvalue weighted by Crippen LogP contribution is -2.29. The van der Waals surface area contributed by atoms with Gasteiger partial charge in [-0.2, -0.15) is 4.31 Å². The lowest BCUT2D eigenvalue weighted by Gasteiger charge is -2.14. The molecule has 1 aromatic heterocycles. The number of halogens is 2. The third-order valence-corrected chi connectivity index (χ3v) is 5.99. The van der Waals surface area contributed by atoms with Gasteiger partial charge in [-0.1, -0.05) is 23.2 Å². The van der Waals surface area contributed by atoms with Crippen molar-refractivity contribution in [1.82, 2.24) is 4.31 Å². The van der Waals surface area contributed by atoms with Gasteiger partial charge in [0.25, 0.3) is 0 Å². The molecule has 1 atom stereocenters. The zero-order valence-electron chi connectivity index (χ0n) is 8.06. The molecule has 1 aliphatic rings. The Labute approximate surface area is 107 Å². The van der Waals surface area contributed by atoms with Gasteiger partial charge in [0.1, 0.15) is 9.23 Å². The Bertz CT molecular complexity index is 499. The van der Waals surface area contributed by atoms with E-state index in [1.165, 1.54) is 10.4 Å². The summed E-state index contributed by atoms with van der Waals surface area (Å²) in [7, 11) is -3.61. The van der Waals surface area contributed by atoms with Crippen LogP contribution in [-0.2, 0) is 10.0 Å². The number of hydrogen-bond donors (Lipinski definition) is 1. The molecule has 16 heavy (non-hydrogen) atoms. The highest BCUT2D eigenvalue weighted by Gasteiger charge is 2.33. The van der Waals surface area contributed by atoms with Gasteiger partial charge in [-0.25, -0.2) is 8.42 Å². The second-order valence-electron chi connectivity index (χ2n) is 3.49. The van der Waals surface area contributed by atoms with Crippen molar-refractivity contribution in [2.75, 3.05) is 13.1 Å². The van der Waals surface area contributed by atoms with E-state index in [1.54, 1.807) is 0 Å². The Morgan fingerprint density at radius 1 is 1.50 bits per heavy atom. The average Bonchev–Trinajstić information content (AvgIpc) is 2.73. The number of thiophene rings is 1. The third kappa shape index (κ3) is 2.23. The maximum Gasteiger partial charge on any atom is 0.245 e. The van der Waals surface area contributed by atoms with Crippen LogP contribution in [0.5, 0.6) is 0 Å². The second kappa shape index (κ2) is 4.44. The molecule has 0 aromatic carbocycles. The first-order valence-electron chi connectivity index (χ1n) is 4.54. The summed E-state index contributed by atoms with van der Waals surface area (Å²) in [6.45, 7) is 0.430. The van der Waals surface area contributed by atoms with Gasteiger partial charge in [0.05, 0.1) is 10.4 Å². The molecular formula is C8H9Cl2NO3S2. The minimum Gasteiger partial charge on any atom is -0.392 e. The van der Waals surface area contributed by atoms with E-state index in [0.717, 1.165) is 11.3 Å². The fraction of sp³-hybridized carbons (Fsp3) is 0.500. The van der Waals surface area contributed by atoms with Crippen LogP contribution in [0.3, 0.4) is 0 Å². The summed E-state index contributed by atoms with van der Waals surface area (Å²) >= 11 is 12.5. The number of rotatable bonds is 2. The van der Waals surface area contributed by atoms with Crippen molar-refractivity contribution in [3.05, 3.63) is 14.7 Å². The lowest BCUT2D eigenvalue weighted by atomic mass is 10.3. The average molecular weight is 302 g/mol. The highest BCUT2D eigenvalue weighted by molar-refractivity contribution is 7.89. The first-order valence-corrected chi connectivity index (χ1v) is 7.55. The molecular weight excluding hydrogens is 293 g/mol. The maximum atomic E-state index is 12.1. The van der Waals surface area contributed by atoms with Crippen LogP contribution in [0.2, 0.25) is 8.67 Å². The molecule has 4 nitrogen and oxygen atoms in total. The lowest BCUT2D eigenvalue weighted by molar-refractivity contribution is 0.189. The van der Waals surface area contributed by atoms with Crippen LogP contribution >= 0.6 is 34.5 Å². The molecule has 8 heteroatoms. The van der Waals surface area contributed by atoms with Crippen LogP contribution in [0.4, 0.5) is 0 Å². The molecule has 0 aliphatic carbocycles. The molecule has 0 radical (unpaired) electrons. The molecule has 0 bridgehead atoms. The maximum absolute atomic E-state index is 12.1. The van der Waals surface area contributed by atoms with E-state index in [-0.39, 0.29) is 15.8 Å². The summed E-state index contributed by atoms with van der Waals surface area (Å²) in [4.78, 5) is 0.0262. The van der Waals surface area contributed by atoms with Crippen molar-refractivity contribution >= 4 is 44.6 Å². The molecule has 1 saturated heterocycles. The minimum absolute atomic E-state index is 0.0262. The molecule has 1 unspecified atom stereocenters. The highest BCUT2D eigenvalue weighted by atomic mass is 35.5. The Balaban J connectivity index is 2.36. The van der Waals surface area contributed by atoms with Gasteiger partial charge in [-0.05, 0) is 12.5 Å². The van der Waals surface area contributed by atoms with Crippen LogP contribution in [0, 0.1) is 0 Å². The number of nitrogens with zero attached hydrogens (tertiary/aromatic N) is 1. The van der Waals surface area contributed by atoms with Crippen LogP contribution < -0.4 is 0 Å². The summed E-state index contributed by atoms with van der Waals surface area (Å²) in [5.41, 5.74) is 0. The largest absolute Gasteiger partial charge is 0.392 e. The standard InChI is InChI=1S/C8H9Cl2NO3S2/c9-7-3-6(8(10)15-7)16(13,14)11-2-1-5(12)4-11/h3,5,12H,1-2,4H2. The number of sulfonamides is 1. The van der Waals surface area contributed by atoms with Crippen LogP contribution in [0.15, 0.2) is 11.0 Å². The molecule has 90 valence electrons. The van der Waals surface area contributed by atoms with Gasteiger partial charge >= 0.3 is 0 Å². The summed E-state index contributed by atoms with van der Waals surface area (Å²) in [6, 6.07) is 1.34. The van der Waals surface area contributed by atoms with E-state index in [1.807, 2.05) is 0 Å². The first kappa shape index (κ1) is 12.6. The van der Waals surface area contributed by atoms with Gasteiger partial charge in [0.15, 0.2) is 0 Å². The van der Waals surface area contributed by atoms with Gasteiger partial charge in [-0.3, -0.25) is 0 Å². The van der Waals surface area contributed by atoms with E-state index in [2.05, 4.69) is 0 Å². The molecule has 0 amide bonds. The molecule has 1 aliphatic heterocycles. The predicted octanol–water partition coefficient (Wildman–Crippen LogP) is 1.81. The van der Waals surface area contributed by atoms with Crippen molar-refractivity contribution in [1.29, 1.82) is 0 Å². The zero-order chi connectivity index (χ0) is 11.9. The van der Waals surface area contributed by atoms with Crippen molar-refractivity contribution in [3.8, 4) is 0 Å². The first-order chi connectivity index (χ1) is 7.41. The molecule has 2 rings (SSSR count). The Hall–Kier alpha value is 0.150. The zero-order valence-corrected chi connectivity index (χ0v) is 11.2. The monoisotopic (exact) mass is 301 g/mol. The van der Waals surface area contributed by atoms with Crippen LogP contribution in [-0.4, -0.2) is 37.0 Å². The summed E-state index contributed by atoms with van der Waals surface area (Å²) in [6.07, 6.45) is -0.142. The Morgan fingerprint density at radius 3 is 2.62 bits per heavy atom. The van der Waals surface area contributed by atoms with Crippen molar-refractivity contribution in [3.63, 3.8) is 0 Å². The second-order valence-corrected chi connectivity index (χ2v) is 7.69. The van der Waals surface area contributed by atoms with Crippen molar-refractivity contribution in [2.24, 2.45) is 0 Å². The molecule has 1 aromatic rings. The molecule has 1 fully saturated rings. The smallest absolute Gasteiger partial charge is 0.245 e. The van der Waals surface area contributed by atoms with E-state index >= 15 is 0 Å². The highest BCUT2D eigenvalue weighted by Crippen LogP contribution is 2.36. The van der Waals surface area contributed by atoms with Gasteiger partial charge in [0, 0.05) is 13.1 Å². The molecule has 0 saturated carbocycles. The summed E-state index contributed by atoms with van der Waals surface area (Å²) in [5, 5.41) is 9.32. The SMILES string of the molecule is O=S(=O)(c1cc(Cl)sc1Cl)N1CCC(O)C1. The number of β-amino-alcohol motifs (C(OH)–C–C–N with tert-alkyl or cyclic N) is 1. The normalized spacial score (nSPS) is 22.8. The number of hydrogen-bond acceptors (Lipinski definition) is 4. The van der Waals surface area contributed by atoms with E-state index < -0.39 is 16.1 Å². The van der Waals surface area contributed by atoms with E-state index in [4.69, 9.17) is 23.2 Å². The molecule has 2 heterocycles. The Kier molecular flexibility index (Phi) is 3.49. The van der Waals surface area contributed by atoms with Crippen LogP contribution in [0.1, 0.15) is 6.42 Å². The van der Waals surface area contributed by atoms with Gasteiger partial charge in [0.2, 0.25) is 10.0 Å². The van der Waals surface area contributed by atoms with Crippen molar-refractivity contribution in [2.45, 2.75) is 17.4 Å². The van der Waals surface area contributed by atoms with Gasteiger partial charge < -0.3 is 5.11 Å². The number of aliphatic hydroxyl groups excluding tert-OH is 1. The van der Waals surface area contributed by atoms with E-state index in [9.17, 15) is 13.5 Å².